The van der Waals surface area contributed by atoms with Crippen molar-refractivity contribution in [3.63, 3.8) is 0 Å². The average molecular weight is 514 g/mol. The average Bonchev–Trinajstić information content (AvgIpc) is 3.13. The van der Waals surface area contributed by atoms with Gasteiger partial charge in [0.15, 0.2) is 11.6 Å². The maximum atomic E-state index is 13.6. The van der Waals surface area contributed by atoms with E-state index in [1.807, 2.05) is 0 Å². The molecule has 200 valence electrons. The van der Waals surface area contributed by atoms with Crippen molar-refractivity contribution in [3.05, 3.63) is 45.9 Å². The van der Waals surface area contributed by atoms with Crippen molar-refractivity contribution < 1.29 is 24.2 Å². The van der Waals surface area contributed by atoms with Crippen LogP contribution in [-0.4, -0.2) is 48.1 Å². The number of benzene rings is 1. The van der Waals surface area contributed by atoms with E-state index < -0.39 is 23.4 Å². The van der Waals surface area contributed by atoms with Crippen LogP contribution in [0.3, 0.4) is 0 Å². The van der Waals surface area contributed by atoms with Gasteiger partial charge in [0.05, 0.1) is 23.7 Å². The number of hydrogen-bond acceptors (Lipinski definition) is 8. The molecule has 3 aromatic rings. The molecule has 0 aliphatic carbocycles. The van der Waals surface area contributed by atoms with E-state index in [0.717, 1.165) is 9.58 Å². The van der Waals surface area contributed by atoms with Crippen LogP contribution in [0, 0.1) is 6.92 Å². The smallest absolute Gasteiger partial charge is 0.435 e. The van der Waals surface area contributed by atoms with Crippen LogP contribution in [0.25, 0.3) is 10.8 Å². The molecule has 11 nitrogen and oxygen atoms in total. The van der Waals surface area contributed by atoms with Crippen LogP contribution in [0.1, 0.15) is 72.7 Å². The van der Waals surface area contributed by atoms with Crippen LogP contribution in [0.5, 0.6) is 0 Å². The molecule has 0 aliphatic rings. The van der Waals surface area contributed by atoms with Crippen LogP contribution in [0.4, 0.5) is 21.2 Å². The summed E-state index contributed by atoms with van der Waals surface area (Å²) in [4.78, 5) is 40.7. The van der Waals surface area contributed by atoms with Gasteiger partial charge in [0, 0.05) is 11.5 Å². The number of carbonyl (C=O) groups is 2. The summed E-state index contributed by atoms with van der Waals surface area (Å²) in [6.45, 7) is 15.4. The summed E-state index contributed by atoms with van der Waals surface area (Å²) in [6.07, 6.45) is -1.51. The third kappa shape index (κ3) is 6.16. The normalized spacial score (nSPS) is 12.2. The molecular formula is C26H35N5O6. The second-order valence-corrected chi connectivity index (χ2v) is 11.1. The number of rotatable bonds is 4. The molecule has 0 bridgehead atoms. The first-order valence-corrected chi connectivity index (χ1v) is 12.0. The van der Waals surface area contributed by atoms with E-state index in [1.54, 1.807) is 80.5 Å². The Kier molecular flexibility index (Phi) is 7.50. The third-order valence-corrected chi connectivity index (χ3v) is 5.10. The number of fused-ring (bicyclic) bond motifs is 1. The Hall–Kier alpha value is -3.73. The lowest BCUT2D eigenvalue weighted by Crippen LogP contribution is -2.37. The Balaban J connectivity index is 2.32. The highest BCUT2D eigenvalue weighted by molar-refractivity contribution is 6.03. The number of aliphatic hydroxyl groups excluding tert-OH is 1. The maximum Gasteiger partial charge on any atom is 0.435 e. The minimum Gasteiger partial charge on any atom is -0.443 e. The number of carbonyl (C=O) groups excluding carboxylic acids is 2. The van der Waals surface area contributed by atoms with Gasteiger partial charge in [0.25, 0.3) is 5.56 Å². The van der Waals surface area contributed by atoms with Crippen molar-refractivity contribution in [1.82, 2.24) is 19.6 Å². The molecule has 0 saturated carbocycles. The highest BCUT2D eigenvalue weighted by Gasteiger charge is 2.32. The Bertz CT molecular complexity index is 1390. The molecule has 1 amide bonds. The molecule has 3 rings (SSSR count). The first-order valence-electron chi connectivity index (χ1n) is 12.0. The van der Waals surface area contributed by atoms with Gasteiger partial charge >= 0.3 is 12.2 Å². The highest BCUT2D eigenvalue weighted by Crippen LogP contribution is 2.32. The summed E-state index contributed by atoms with van der Waals surface area (Å²) < 4.78 is 13.4. The van der Waals surface area contributed by atoms with Crippen molar-refractivity contribution >= 4 is 34.6 Å². The summed E-state index contributed by atoms with van der Waals surface area (Å²) in [5.74, 6) is 0.155. The zero-order valence-electron chi connectivity index (χ0n) is 22.8. The van der Waals surface area contributed by atoms with Crippen molar-refractivity contribution in [2.75, 3.05) is 4.90 Å². The summed E-state index contributed by atoms with van der Waals surface area (Å²) in [5, 5.41) is 19.1. The van der Waals surface area contributed by atoms with Gasteiger partial charge in [-0.25, -0.2) is 19.2 Å². The van der Waals surface area contributed by atoms with Crippen molar-refractivity contribution in [2.45, 2.75) is 86.2 Å². The largest absolute Gasteiger partial charge is 0.443 e. The van der Waals surface area contributed by atoms with E-state index in [-0.39, 0.29) is 35.2 Å². The number of anilines is 2. The second-order valence-electron chi connectivity index (χ2n) is 11.1. The number of aromatic nitrogens is 4. The molecule has 0 fully saturated rings. The Morgan fingerprint density at radius 1 is 1.00 bits per heavy atom. The Labute approximate surface area is 215 Å². The number of amides is 1. The number of hydrogen-bond donors (Lipinski definition) is 1. The van der Waals surface area contributed by atoms with Gasteiger partial charge in [-0.1, -0.05) is 12.1 Å². The molecule has 0 radical (unpaired) electrons. The van der Waals surface area contributed by atoms with Crippen LogP contribution in [0.2, 0.25) is 0 Å². The quantitative estimate of drug-likeness (QED) is 0.525. The summed E-state index contributed by atoms with van der Waals surface area (Å²) in [5.41, 5.74) is -1.03. The topological polar surface area (TPSA) is 129 Å². The second kappa shape index (κ2) is 9.97. The predicted molar refractivity (Wildman–Crippen MR) is 139 cm³/mol. The molecule has 0 aliphatic heterocycles. The molecule has 0 unspecified atom stereocenters. The van der Waals surface area contributed by atoms with Gasteiger partial charge in [-0.2, -0.15) is 9.78 Å². The molecule has 2 heterocycles. The maximum absolute atomic E-state index is 13.6. The van der Waals surface area contributed by atoms with Crippen LogP contribution in [0.15, 0.2) is 29.1 Å². The van der Waals surface area contributed by atoms with Gasteiger partial charge in [0.1, 0.15) is 11.2 Å². The molecule has 0 atom stereocenters. The summed E-state index contributed by atoms with van der Waals surface area (Å²) in [7, 11) is 0. The monoisotopic (exact) mass is 513 g/mol. The zero-order chi connectivity index (χ0) is 27.9. The molecule has 1 aromatic carbocycles. The zero-order valence-corrected chi connectivity index (χ0v) is 22.8. The Morgan fingerprint density at radius 3 is 2.16 bits per heavy atom. The minimum absolute atomic E-state index is 0.0617. The fourth-order valence-corrected chi connectivity index (χ4v) is 3.56. The number of nitrogens with zero attached hydrogens (tertiary/aromatic N) is 5. The lowest BCUT2D eigenvalue weighted by molar-refractivity contribution is 0.0506. The van der Waals surface area contributed by atoms with Gasteiger partial charge in [-0.05, 0) is 73.9 Å². The first-order chi connectivity index (χ1) is 17.0. The van der Waals surface area contributed by atoms with Gasteiger partial charge in [0.2, 0.25) is 0 Å². The number of ether oxygens (including phenoxy) is 2. The fraction of sp³-hybridized carbons (Fsp3) is 0.500. The standard InChI is InChI=1S/C26H35N5O6/c1-15(2)30-22(33)19-13-17(14-32)10-11-18(19)21(28-30)29(23(34)36-25(4,5)6)20-12-16(3)31(27-20)24(35)37-26(7,8)9/h10-13,15,32H,14H2,1-9H3. The molecule has 0 spiro atoms. The molecule has 1 N–H and O–H groups in total. The number of aliphatic hydroxyl groups is 1. The van der Waals surface area contributed by atoms with Crippen molar-refractivity contribution in [2.24, 2.45) is 0 Å². The highest BCUT2D eigenvalue weighted by atomic mass is 16.6. The third-order valence-electron chi connectivity index (χ3n) is 5.10. The van der Waals surface area contributed by atoms with Gasteiger partial charge in [-0.3, -0.25) is 4.79 Å². The van der Waals surface area contributed by atoms with E-state index in [9.17, 15) is 19.5 Å². The lowest BCUT2D eigenvalue weighted by Gasteiger charge is -2.27. The predicted octanol–water partition coefficient (Wildman–Crippen LogP) is 4.83. The van der Waals surface area contributed by atoms with Crippen molar-refractivity contribution in [3.8, 4) is 0 Å². The van der Waals surface area contributed by atoms with Crippen LogP contribution in [-0.2, 0) is 16.1 Å². The van der Waals surface area contributed by atoms with E-state index in [0.29, 0.717) is 16.6 Å². The minimum atomic E-state index is -0.857. The molecule has 11 heteroatoms. The van der Waals surface area contributed by atoms with Gasteiger partial charge < -0.3 is 14.6 Å². The molecule has 2 aromatic heterocycles. The first kappa shape index (κ1) is 27.9. The summed E-state index contributed by atoms with van der Waals surface area (Å²) in [6, 6.07) is 6.03. The van der Waals surface area contributed by atoms with E-state index in [4.69, 9.17) is 9.47 Å². The molecule has 37 heavy (non-hydrogen) atoms. The molecule has 0 saturated heterocycles. The van der Waals surface area contributed by atoms with Crippen LogP contribution < -0.4 is 10.5 Å². The number of aryl methyl sites for hydroxylation is 1. The van der Waals surface area contributed by atoms with E-state index in [1.165, 1.54) is 10.7 Å². The fourth-order valence-electron chi connectivity index (χ4n) is 3.56. The van der Waals surface area contributed by atoms with Crippen LogP contribution >= 0.6 is 0 Å². The lowest BCUT2D eigenvalue weighted by atomic mass is 10.1. The Morgan fingerprint density at radius 2 is 1.62 bits per heavy atom. The molecular weight excluding hydrogens is 478 g/mol. The van der Waals surface area contributed by atoms with Crippen molar-refractivity contribution in [1.29, 1.82) is 0 Å². The van der Waals surface area contributed by atoms with E-state index >= 15 is 0 Å². The summed E-state index contributed by atoms with van der Waals surface area (Å²) >= 11 is 0. The van der Waals surface area contributed by atoms with E-state index in [2.05, 4.69) is 10.2 Å². The SMILES string of the molecule is Cc1cc(N(C(=O)OC(C)(C)C)c2nn(C(C)C)c(=O)c3cc(CO)ccc23)nn1C(=O)OC(C)(C)C. The van der Waals surface area contributed by atoms with Gasteiger partial charge in [-0.15, -0.1) is 5.10 Å².